The van der Waals surface area contributed by atoms with Gasteiger partial charge < -0.3 is 19.5 Å². The third kappa shape index (κ3) is 3.63. The molecular formula is C20H21ClN2O3. The Morgan fingerprint density at radius 1 is 1.04 bits per heavy atom. The molecule has 0 unspecified atom stereocenters. The first kappa shape index (κ1) is 18.1. The minimum atomic E-state index is 0. The van der Waals surface area contributed by atoms with Crippen molar-refractivity contribution in [3.05, 3.63) is 48.2 Å². The molecule has 0 bridgehead atoms. The second-order valence-corrected chi connectivity index (χ2v) is 5.91. The van der Waals surface area contributed by atoms with E-state index < -0.39 is 0 Å². The van der Waals surface area contributed by atoms with Gasteiger partial charge in [-0.05, 0) is 50.2 Å². The van der Waals surface area contributed by atoms with Gasteiger partial charge in [0.25, 0.3) is 0 Å². The molecule has 5 nitrogen and oxygen atoms in total. The van der Waals surface area contributed by atoms with E-state index in [1.165, 1.54) is 0 Å². The lowest BCUT2D eigenvalue weighted by atomic mass is 10.1. The van der Waals surface area contributed by atoms with Crippen LogP contribution < -0.4 is 19.5 Å². The van der Waals surface area contributed by atoms with Gasteiger partial charge in [-0.15, -0.1) is 12.4 Å². The molecule has 136 valence electrons. The number of halogens is 1. The summed E-state index contributed by atoms with van der Waals surface area (Å²) in [7, 11) is 0. The average Bonchev–Trinajstić information content (AvgIpc) is 2.62. The van der Waals surface area contributed by atoms with Gasteiger partial charge in [-0.25, -0.2) is 0 Å². The van der Waals surface area contributed by atoms with Gasteiger partial charge in [0.1, 0.15) is 19.0 Å². The van der Waals surface area contributed by atoms with Crippen LogP contribution in [0.2, 0.25) is 0 Å². The number of anilines is 2. The highest BCUT2D eigenvalue weighted by atomic mass is 35.5. The van der Waals surface area contributed by atoms with Gasteiger partial charge in [-0.2, -0.15) is 0 Å². The molecule has 1 N–H and O–H groups in total. The van der Waals surface area contributed by atoms with E-state index >= 15 is 0 Å². The maximum absolute atomic E-state index is 5.67. The molecule has 0 spiro atoms. The largest absolute Gasteiger partial charge is 0.494 e. The van der Waals surface area contributed by atoms with Crippen LogP contribution in [0.25, 0.3) is 10.9 Å². The monoisotopic (exact) mass is 372 g/mol. The average molecular weight is 373 g/mol. The van der Waals surface area contributed by atoms with Crippen molar-refractivity contribution in [3.8, 4) is 17.2 Å². The number of rotatable bonds is 4. The van der Waals surface area contributed by atoms with Crippen molar-refractivity contribution in [3.63, 3.8) is 0 Å². The lowest BCUT2D eigenvalue weighted by Crippen LogP contribution is -2.15. The first-order valence-electron chi connectivity index (χ1n) is 8.44. The summed E-state index contributed by atoms with van der Waals surface area (Å²) in [5, 5.41) is 4.50. The van der Waals surface area contributed by atoms with Crippen LogP contribution in [0.4, 0.5) is 11.4 Å². The Labute approximate surface area is 158 Å². The first-order chi connectivity index (χ1) is 12.2. The van der Waals surface area contributed by atoms with Gasteiger partial charge in [0.15, 0.2) is 11.5 Å². The molecule has 1 aliphatic rings. The summed E-state index contributed by atoms with van der Waals surface area (Å²) in [6, 6.07) is 13.9. The number of nitrogens with zero attached hydrogens (tertiary/aromatic N) is 1. The molecule has 1 aliphatic heterocycles. The molecule has 0 saturated carbocycles. The minimum Gasteiger partial charge on any atom is -0.494 e. The van der Waals surface area contributed by atoms with Crippen LogP contribution in [0.15, 0.2) is 42.5 Å². The van der Waals surface area contributed by atoms with Crippen molar-refractivity contribution in [2.75, 3.05) is 25.1 Å². The number of aromatic nitrogens is 1. The van der Waals surface area contributed by atoms with E-state index in [0.29, 0.717) is 19.8 Å². The van der Waals surface area contributed by atoms with E-state index in [9.17, 15) is 0 Å². The topological polar surface area (TPSA) is 52.6 Å². The Balaban J connectivity index is 0.00000196. The Kier molecular flexibility index (Phi) is 5.38. The fourth-order valence-corrected chi connectivity index (χ4v) is 2.97. The van der Waals surface area contributed by atoms with Crippen molar-refractivity contribution >= 4 is 34.7 Å². The summed E-state index contributed by atoms with van der Waals surface area (Å²) < 4.78 is 16.9. The Morgan fingerprint density at radius 3 is 2.65 bits per heavy atom. The fourth-order valence-electron chi connectivity index (χ4n) is 2.97. The molecular weight excluding hydrogens is 352 g/mol. The van der Waals surface area contributed by atoms with Crippen LogP contribution in [-0.2, 0) is 0 Å². The summed E-state index contributed by atoms with van der Waals surface area (Å²) >= 11 is 0. The Morgan fingerprint density at radius 2 is 1.85 bits per heavy atom. The summed E-state index contributed by atoms with van der Waals surface area (Å²) in [6.07, 6.45) is 0. The van der Waals surface area contributed by atoms with Crippen molar-refractivity contribution in [1.82, 2.24) is 4.98 Å². The molecule has 2 heterocycles. The second-order valence-electron chi connectivity index (χ2n) is 5.91. The molecule has 0 radical (unpaired) electrons. The molecule has 2 aromatic carbocycles. The van der Waals surface area contributed by atoms with Crippen LogP contribution in [0, 0.1) is 6.92 Å². The first-order valence-corrected chi connectivity index (χ1v) is 8.44. The second kappa shape index (κ2) is 7.70. The number of hydrogen-bond acceptors (Lipinski definition) is 5. The summed E-state index contributed by atoms with van der Waals surface area (Å²) in [6.45, 7) is 5.77. The zero-order valence-corrected chi connectivity index (χ0v) is 15.6. The van der Waals surface area contributed by atoms with Crippen LogP contribution >= 0.6 is 12.4 Å². The number of hydrogen-bond donors (Lipinski definition) is 1. The van der Waals surface area contributed by atoms with E-state index in [2.05, 4.69) is 10.3 Å². The number of ether oxygens (including phenoxy) is 3. The van der Waals surface area contributed by atoms with Crippen LogP contribution in [-0.4, -0.2) is 24.8 Å². The fraction of sp³-hybridized carbons (Fsp3) is 0.250. The van der Waals surface area contributed by atoms with Gasteiger partial charge >= 0.3 is 0 Å². The lowest BCUT2D eigenvalue weighted by molar-refractivity contribution is 0.171. The predicted molar refractivity (Wildman–Crippen MR) is 106 cm³/mol. The summed E-state index contributed by atoms with van der Waals surface area (Å²) in [4.78, 5) is 4.61. The van der Waals surface area contributed by atoms with E-state index in [1.807, 2.05) is 56.3 Å². The molecule has 0 saturated heterocycles. The molecule has 6 heteroatoms. The number of benzene rings is 2. The molecule has 26 heavy (non-hydrogen) atoms. The minimum absolute atomic E-state index is 0. The molecule has 0 aliphatic carbocycles. The molecule has 0 fully saturated rings. The highest BCUT2D eigenvalue weighted by Crippen LogP contribution is 2.35. The Bertz CT molecular complexity index is 930. The zero-order valence-electron chi connectivity index (χ0n) is 14.7. The quantitative estimate of drug-likeness (QED) is 0.707. The number of pyridine rings is 1. The normalized spacial score (nSPS) is 12.4. The third-order valence-electron chi connectivity index (χ3n) is 4.04. The van der Waals surface area contributed by atoms with Gasteiger partial charge in [0.2, 0.25) is 0 Å². The number of aryl methyl sites for hydroxylation is 1. The standard InChI is InChI=1S/C20H20N2O3.ClH/c1-3-23-15-5-6-17-16(12-15)18(10-13(2)21-17)22-14-4-7-19-20(11-14)25-9-8-24-19;/h4-7,10-12H,3,8-9H2,1-2H3,(H,21,22);1H. The van der Waals surface area contributed by atoms with E-state index in [-0.39, 0.29) is 12.4 Å². The van der Waals surface area contributed by atoms with Crippen molar-refractivity contribution in [2.24, 2.45) is 0 Å². The predicted octanol–water partition coefficient (Wildman–Crippen LogP) is 4.88. The van der Waals surface area contributed by atoms with E-state index in [1.54, 1.807) is 0 Å². The van der Waals surface area contributed by atoms with Crippen molar-refractivity contribution in [2.45, 2.75) is 13.8 Å². The maximum Gasteiger partial charge on any atom is 0.163 e. The smallest absolute Gasteiger partial charge is 0.163 e. The zero-order chi connectivity index (χ0) is 17.2. The van der Waals surface area contributed by atoms with Crippen LogP contribution in [0.5, 0.6) is 17.2 Å². The maximum atomic E-state index is 5.67. The van der Waals surface area contributed by atoms with Gasteiger partial charge in [0.05, 0.1) is 12.1 Å². The third-order valence-corrected chi connectivity index (χ3v) is 4.04. The van der Waals surface area contributed by atoms with Crippen molar-refractivity contribution < 1.29 is 14.2 Å². The molecule has 0 amide bonds. The molecule has 3 aromatic rings. The molecule has 0 atom stereocenters. The Hall–Kier alpha value is -2.66. The van der Waals surface area contributed by atoms with Gasteiger partial charge in [0, 0.05) is 28.5 Å². The SMILES string of the molecule is CCOc1ccc2nc(C)cc(Nc3ccc4c(c3)OCCO4)c2c1.Cl. The van der Waals surface area contributed by atoms with Gasteiger partial charge in [-0.1, -0.05) is 0 Å². The summed E-state index contributed by atoms with van der Waals surface area (Å²) in [5.74, 6) is 2.39. The van der Waals surface area contributed by atoms with Crippen molar-refractivity contribution in [1.29, 1.82) is 0 Å². The highest BCUT2D eigenvalue weighted by Gasteiger charge is 2.13. The number of fused-ring (bicyclic) bond motifs is 2. The van der Waals surface area contributed by atoms with E-state index in [0.717, 1.165) is 45.2 Å². The van der Waals surface area contributed by atoms with Gasteiger partial charge in [-0.3, -0.25) is 4.98 Å². The van der Waals surface area contributed by atoms with Crippen LogP contribution in [0.1, 0.15) is 12.6 Å². The summed E-state index contributed by atoms with van der Waals surface area (Å²) in [5.41, 5.74) is 3.82. The molecule has 4 rings (SSSR count). The highest BCUT2D eigenvalue weighted by molar-refractivity contribution is 5.94. The molecule has 1 aromatic heterocycles. The number of nitrogens with one attached hydrogen (secondary N) is 1. The lowest BCUT2D eigenvalue weighted by Gasteiger charge is -2.19. The van der Waals surface area contributed by atoms with E-state index in [4.69, 9.17) is 14.2 Å². The van der Waals surface area contributed by atoms with Crippen LogP contribution in [0.3, 0.4) is 0 Å².